The zero-order valence-electron chi connectivity index (χ0n) is 10.6. The van der Waals surface area contributed by atoms with Gasteiger partial charge in [-0.2, -0.15) is 0 Å². The summed E-state index contributed by atoms with van der Waals surface area (Å²) in [6.45, 7) is 32.5. The quantitative estimate of drug-likeness (QED) is 0.391. The molecule has 0 aliphatic carbocycles. The van der Waals surface area contributed by atoms with Crippen LogP contribution in [0.4, 0.5) is 0 Å². The van der Waals surface area contributed by atoms with Gasteiger partial charge in [-0.15, -0.1) is 0 Å². The maximum Gasteiger partial charge on any atom is 0 e. The Morgan fingerprint density at radius 2 is 0.182 bits per heavy atom. The molecule has 114 valence electrons. The number of hydrogen-bond acceptors (Lipinski definition) is 0. The van der Waals surface area contributed by atoms with Crippen molar-refractivity contribution in [1.29, 1.82) is 0 Å². The fourth-order valence-electron chi connectivity index (χ4n) is 0. The molecular formula is C10H10Mn2O10+10. The van der Waals surface area contributed by atoms with Crippen molar-refractivity contribution >= 4 is 0 Å². The molecule has 0 bridgehead atoms. The van der Waals surface area contributed by atoms with Gasteiger partial charge >= 0.3 is 113 Å². The van der Waals surface area contributed by atoms with E-state index in [9.17, 15) is 0 Å². The average Bonchev–Trinajstić information content (AvgIpc) is 2.71. The molecule has 0 rings (SSSR count). The first-order valence-electron chi connectivity index (χ1n) is 2.36. The molecule has 2 radical (unpaired) electrons. The molecule has 0 fully saturated rings. The molecule has 22 heavy (non-hydrogen) atoms. The molecule has 0 saturated heterocycles. The van der Waals surface area contributed by atoms with E-state index in [-0.39, 0.29) is 34.1 Å². The third-order valence-corrected chi connectivity index (χ3v) is 0. The van der Waals surface area contributed by atoms with Crippen LogP contribution in [-0.2, 0) is 80.7 Å². The maximum absolute atomic E-state index is 7.75. The van der Waals surface area contributed by atoms with E-state index >= 15 is 0 Å². The Balaban J connectivity index is -0.00000000500. The van der Waals surface area contributed by atoms with E-state index in [1.165, 1.54) is 0 Å². The van der Waals surface area contributed by atoms with Crippen LogP contribution in [0, 0.1) is 66.5 Å². The van der Waals surface area contributed by atoms with Gasteiger partial charge in [-0.05, 0) is 0 Å². The van der Waals surface area contributed by atoms with Crippen LogP contribution in [0.25, 0.3) is 0 Å². The van der Waals surface area contributed by atoms with Gasteiger partial charge in [0.1, 0.15) is 0 Å². The summed E-state index contributed by atoms with van der Waals surface area (Å²) in [5.41, 5.74) is 0. The van der Waals surface area contributed by atoms with Crippen LogP contribution in [-0.4, -0.2) is 0 Å². The van der Waals surface area contributed by atoms with Crippen molar-refractivity contribution < 1.29 is 80.7 Å². The molecule has 12 heteroatoms. The summed E-state index contributed by atoms with van der Waals surface area (Å²) < 4.78 is 77.5. The maximum atomic E-state index is 7.75. The van der Waals surface area contributed by atoms with Gasteiger partial charge in [0.2, 0.25) is 0 Å². The van der Waals surface area contributed by atoms with E-state index in [2.05, 4.69) is 66.5 Å². The minimum Gasteiger partial charge on any atom is 0 e. The first-order valence-corrected chi connectivity index (χ1v) is 2.36. The minimum atomic E-state index is 0. The van der Waals surface area contributed by atoms with Gasteiger partial charge in [-0.3, -0.25) is 0 Å². The summed E-state index contributed by atoms with van der Waals surface area (Å²) in [6, 6.07) is 0. The average molecular weight is 400 g/mol. The summed E-state index contributed by atoms with van der Waals surface area (Å²) >= 11 is 0. The van der Waals surface area contributed by atoms with Crippen molar-refractivity contribution in [3.8, 4) is 66.5 Å². The van der Waals surface area contributed by atoms with Crippen molar-refractivity contribution in [2.75, 3.05) is 0 Å². The number of hydrogen-bond donors (Lipinski definition) is 0. The van der Waals surface area contributed by atoms with Gasteiger partial charge in [-0.25, -0.2) is 0 Å². The van der Waals surface area contributed by atoms with Crippen molar-refractivity contribution in [2.45, 2.75) is 0 Å². The minimum absolute atomic E-state index is 0. The van der Waals surface area contributed by atoms with Crippen molar-refractivity contribution in [3.05, 3.63) is 0 Å². The molecule has 0 heterocycles. The zero-order valence-corrected chi connectivity index (χ0v) is 13.0. The molecule has 0 N–H and O–H groups in total. The Morgan fingerprint density at radius 1 is 0.182 bits per heavy atom. The van der Waals surface area contributed by atoms with Crippen molar-refractivity contribution in [3.63, 3.8) is 0 Å². The third kappa shape index (κ3) is 2300. The fraction of sp³-hybridized carbons (Fsp3) is 0. The summed E-state index contributed by atoms with van der Waals surface area (Å²) in [7, 11) is 0. The molecule has 0 spiro atoms. The Hall–Kier alpha value is -1.56. The molecule has 0 atom stereocenters. The van der Waals surface area contributed by atoms with Crippen LogP contribution in [0.5, 0.6) is 0 Å². The van der Waals surface area contributed by atoms with Crippen LogP contribution >= 0.6 is 0 Å². The molecule has 0 aromatic carbocycles. The summed E-state index contributed by atoms with van der Waals surface area (Å²) in [6.07, 6.45) is 0. The van der Waals surface area contributed by atoms with Crippen molar-refractivity contribution in [2.24, 2.45) is 0 Å². The standard InChI is InChI=1S/10CHO.2Mn/c10*1-2;;/h10*1H;;/q10*+1;;. The largest absolute Gasteiger partial charge is 0 e. The predicted molar refractivity (Wildman–Crippen MR) is 56.3 cm³/mol. The van der Waals surface area contributed by atoms with Crippen LogP contribution in [0.1, 0.15) is 0 Å². The molecule has 10 nitrogen and oxygen atoms in total. The zero-order chi connectivity index (χ0) is 20.0. The second-order valence-electron chi connectivity index (χ2n) is 0. The SMILES string of the molecule is C#[O+].C#[O+].C#[O+].C#[O+].C#[O+].C#[O+].C#[O+].C#[O+].C#[O+].C#[O+].[Mn].[Mn]. The van der Waals surface area contributed by atoms with Crippen molar-refractivity contribution in [1.82, 2.24) is 0 Å². The molecule has 0 unspecified atom stereocenters. The Labute approximate surface area is 147 Å². The molecule has 0 aromatic rings. The monoisotopic (exact) mass is 400 g/mol. The molecule has 0 amide bonds. The van der Waals surface area contributed by atoms with Crippen LogP contribution < -0.4 is 0 Å². The Morgan fingerprint density at radius 3 is 0.182 bits per heavy atom. The van der Waals surface area contributed by atoms with E-state index in [1.54, 1.807) is 0 Å². The van der Waals surface area contributed by atoms with E-state index < -0.39 is 0 Å². The molecular weight excluding hydrogens is 390 g/mol. The van der Waals surface area contributed by atoms with Gasteiger partial charge in [0, 0.05) is 34.1 Å². The van der Waals surface area contributed by atoms with Gasteiger partial charge in [0.15, 0.2) is 0 Å². The molecule has 0 saturated carbocycles. The van der Waals surface area contributed by atoms with E-state index in [0.717, 1.165) is 0 Å². The number of rotatable bonds is 0. The first kappa shape index (κ1) is 108. The topological polar surface area (TPSA) is 199 Å². The predicted octanol–water partition coefficient (Wildman–Crippen LogP) is 0.0540. The van der Waals surface area contributed by atoms with Gasteiger partial charge in [0.25, 0.3) is 0 Å². The van der Waals surface area contributed by atoms with Gasteiger partial charge in [0.05, 0.1) is 0 Å². The fourth-order valence-corrected chi connectivity index (χ4v) is 0. The summed E-state index contributed by atoms with van der Waals surface area (Å²) in [4.78, 5) is 0. The third-order valence-electron chi connectivity index (χ3n) is 0. The van der Waals surface area contributed by atoms with Crippen LogP contribution in [0.2, 0.25) is 0 Å². The van der Waals surface area contributed by atoms with Gasteiger partial charge in [-0.1, -0.05) is 0 Å². The molecule has 0 aliphatic rings. The smallest absolute Gasteiger partial charge is 0 e. The second-order valence-corrected chi connectivity index (χ2v) is 0. The summed E-state index contributed by atoms with van der Waals surface area (Å²) in [5.74, 6) is 0. The Bertz CT molecular complexity index is 177. The van der Waals surface area contributed by atoms with Crippen LogP contribution in [0.3, 0.4) is 0 Å². The van der Waals surface area contributed by atoms with Crippen LogP contribution in [0.15, 0.2) is 0 Å². The normalized spacial score (nSPS) is 0.909. The van der Waals surface area contributed by atoms with Gasteiger partial charge < -0.3 is 0 Å². The molecule has 0 aromatic heterocycles. The Kier molecular flexibility index (Phi) is 13400. The first-order chi connectivity index (χ1) is 10.0. The van der Waals surface area contributed by atoms with E-state index in [0.29, 0.717) is 0 Å². The second kappa shape index (κ2) is 2710. The molecule has 0 aliphatic heterocycles. The van der Waals surface area contributed by atoms with E-state index in [1.807, 2.05) is 0 Å². The summed E-state index contributed by atoms with van der Waals surface area (Å²) in [5, 5.41) is 0. The van der Waals surface area contributed by atoms with E-state index in [4.69, 9.17) is 46.5 Å².